The van der Waals surface area contributed by atoms with Crippen molar-refractivity contribution in [3.05, 3.63) is 46.3 Å². The molecule has 0 spiro atoms. The molecule has 2 heterocycles. The molecule has 1 aliphatic rings. The summed E-state index contributed by atoms with van der Waals surface area (Å²) in [6.45, 7) is 1.50. The number of hydrogen-bond acceptors (Lipinski definition) is 3. The maximum Gasteiger partial charge on any atom is 0.416 e. The Morgan fingerprint density at radius 1 is 1.17 bits per heavy atom. The highest BCUT2D eigenvalue weighted by molar-refractivity contribution is 9.10. The summed E-state index contributed by atoms with van der Waals surface area (Å²) in [6.07, 6.45) is -2.53. The number of benzene rings is 1. The van der Waals surface area contributed by atoms with Crippen LogP contribution in [0.25, 0.3) is 0 Å². The van der Waals surface area contributed by atoms with Gasteiger partial charge in [0.15, 0.2) is 10.4 Å². The predicted octanol–water partition coefficient (Wildman–Crippen LogP) is 4.91. The van der Waals surface area contributed by atoms with E-state index >= 15 is 0 Å². The Bertz CT molecular complexity index is 752. The Balaban J connectivity index is 1.94. The van der Waals surface area contributed by atoms with Crippen molar-refractivity contribution in [1.82, 2.24) is 0 Å². The molecule has 0 saturated carbocycles. The van der Waals surface area contributed by atoms with Gasteiger partial charge in [-0.25, -0.2) is 0 Å². The Morgan fingerprint density at radius 2 is 1.88 bits per heavy atom. The van der Waals surface area contributed by atoms with Gasteiger partial charge in [-0.3, -0.25) is 4.79 Å². The smallest absolute Gasteiger partial charge is 0.416 e. The second kappa shape index (κ2) is 6.51. The molecule has 1 amide bonds. The standard InChI is InChI=1S/C16H14BrF3N2O2/c17-14-6-5-13(24-14)15(23)21-11-9-10(16(18,19)20)3-4-12(11)22-7-1-2-8-22/h3-6,9H,1-2,7-8H2,(H,21,23). The predicted molar refractivity (Wildman–Crippen MR) is 87.3 cm³/mol. The van der Waals surface area contributed by atoms with Crippen LogP contribution in [0.5, 0.6) is 0 Å². The molecule has 128 valence electrons. The Labute approximate surface area is 144 Å². The minimum absolute atomic E-state index is 0.0201. The number of nitrogens with one attached hydrogen (secondary N) is 1. The van der Waals surface area contributed by atoms with E-state index in [1.54, 1.807) is 6.07 Å². The van der Waals surface area contributed by atoms with E-state index in [9.17, 15) is 18.0 Å². The molecule has 1 N–H and O–H groups in total. The molecule has 1 fully saturated rings. The van der Waals surface area contributed by atoms with Gasteiger partial charge >= 0.3 is 6.18 Å². The molecule has 0 atom stereocenters. The summed E-state index contributed by atoms with van der Waals surface area (Å²) < 4.78 is 44.5. The number of nitrogens with zero attached hydrogens (tertiary/aromatic N) is 1. The van der Waals surface area contributed by atoms with Gasteiger partial charge < -0.3 is 14.6 Å². The highest BCUT2D eigenvalue weighted by Crippen LogP contribution is 2.36. The third-order valence-electron chi connectivity index (χ3n) is 3.82. The first-order chi connectivity index (χ1) is 11.3. The molecule has 0 radical (unpaired) electrons. The molecule has 2 aromatic rings. The molecular weight excluding hydrogens is 389 g/mol. The van der Waals surface area contributed by atoms with Crippen LogP contribution in [-0.2, 0) is 6.18 Å². The van der Waals surface area contributed by atoms with Crippen LogP contribution < -0.4 is 10.2 Å². The molecule has 0 aliphatic carbocycles. The average molecular weight is 403 g/mol. The van der Waals surface area contributed by atoms with Gasteiger partial charge in [0.05, 0.1) is 16.9 Å². The van der Waals surface area contributed by atoms with Crippen molar-refractivity contribution in [3.63, 3.8) is 0 Å². The normalized spacial score (nSPS) is 14.9. The molecule has 1 aromatic carbocycles. The molecule has 1 aromatic heterocycles. The van der Waals surface area contributed by atoms with Gasteiger partial charge in [-0.2, -0.15) is 13.2 Å². The molecular formula is C16H14BrF3N2O2. The summed E-state index contributed by atoms with van der Waals surface area (Å²) >= 11 is 3.09. The van der Waals surface area contributed by atoms with Gasteiger partial charge in [-0.05, 0) is 59.1 Å². The van der Waals surface area contributed by atoms with Crippen molar-refractivity contribution in [2.24, 2.45) is 0 Å². The number of amides is 1. The van der Waals surface area contributed by atoms with Crippen molar-refractivity contribution < 1.29 is 22.4 Å². The van der Waals surface area contributed by atoms with E-state index < -0.39 is 17.6 Å². The molecule has 1 saturated heterocycles. The first-order valence-electron chi connectivity index (χ1n) is 7.37. The maximum absolute atomic E-state index is 13.0. The van der Waals surface area contributed by atoms with Crippen LogP contribution in [0.15, 0.2) is 39.4 Å². The summed E-state index contributed by atoms with van der Waals surface area (Å²) in [4.78, 5) is 14.2. The third-order valence-corrected chi connectivity index (χ3v) is 4.24. The Morgan fingerprint density at radius 3 is 2.46 bits per heavy atom. The SMILES string of the molecule is O=C(Nc1cc(C(F)(F)F)ccc1N1CCCC1)c1ccc(Br)o1. The first-order valence-corrected chi connectivity index (χ1v) is 8.17. The van der Waals surface area contributed by atoms with Gasteiger partial charge in [0.25, 0.3) is 5.91 Å². The van der Waals surface area contributed by atoms with Crippen molar-refractivity contribution in [2.75, 3.05) is 23.3 Å². The zero-order valence-corrected chi connectivity index (χ0v) is 14.1. The fourth-order valence-corrected chi connectivity index (χ4v) is 2.97. The van der Waals surface area contributed by atoms with Crippen LogP contribution in [0.4, 0.5) is 24.5 Å². The van der Waals surface area contributed by atoms with Gasteiger partial charge in [0, 0.05) is 13.1 Å². The zero-order valence-electron chi connectivity index (χ0n) is 12.5. The van der Waals surface area contributed by atoms with Gasteiger partial charge in [0.1, 0.15) is 0 Å². The number of rotatable bonds is 3. The maximum atomic E-state index is 13.0. The minimum Gasteiger partial charge on any atom is -0.444 e. The van der Waals surface area contributed by atoms with E-state index in [-0.39, 0.29) is 11.4 Å². The summed E-state index contributed by atoms with van der Waals surface area (Å²) in [5.41, 5.74) is -0.0925. The van der Waals surface area contributed by atoms with Crippen LogP contribution in [-0.4, -0.2) is 19.0 Å². The molecule has 0 bridgehead atoms. The topological polar surface area (TPSA) is 45.5 Å². The largest absolute Gasteiger partial charge is 0.444 e. The number of alkyl halides is 3. The van der Waals surface area contributed by atoms with Gasteiger partial charge in [0.2, 0.25) is 0 Å². The third kappa shape index (κ3) is 3.58. The first kappa shape index (κ1) is 16.9. The van der Waals surface area contributed by atoms with Crippen LogP contribution in [0.3, 0.4) is 0 Å². The Kier molecular flexibility index (Phi) is 4.58. The van der Waals surface area contributed by atoms with E-state index in [2.05, 4.69) is 21.2 Å². The monoisotopic (exact) mass is 402 g/mol. The van der Waals surface area contributed by atoms with Crippen molar-refractivity contribution >= 4 is 33.2 Å². The molecule has 1 aliphatic heterocycles. The number of furan rings is 1. The highest BCUT2D eigenvalue weighted by atomic mass is 79.9. The second-order valence-electron chi connectivity index (χ2n) is 5.48. The van der Waals surface area contributed by atoms with Gasteiger partial charge in [-0.15, -0.1) is 0 Å². The van der Waals surface area contributed by atoms with Crippen LogP contribution in [0, 0.1) is 0 Å². The number of hydrogen-bond donors (Lipinski definition) is 1. The lowest BCUT2D eigenvalue weighted by Crippen LogP contribution is -2.21. The highest BCUT2D eigenvalue weighted by Gasteiger charge is 2.32. The Hall–Kier alpha value is -1.96. The zero-order chi connectivity index (χ0) is 17.3. The van der Waals surface area contributed by atoms with Crippen LogP contribution in [0.1, 0.15) is 29.0 Å². The van der Waals surface area contributed by atoms with E-state index in [1.807, 2.05) is 4.90 Å². The molecule has 3 rings (SSSR count). The van der Waals surface area contributed by atoms with E-state index in [4.69, 9.17) is 4.42 Å². The van der Waals surface area contributed by atoms with E-state index in [1.165, 1.54) is 12.1 Å². The molecule has 4 nitrogen and oxygen atoms in total. The minimum atomic E-state index is -4.48. The fraction of sp³-hybridized carbons (Fsp3) is 0.312. The van der Waals surface area contributed by atoms with E-state index in [0.29, 0.717) is 10.4 Å². The molecule has 24 heavy (non-hydrogen) atoms. The van der Waals surface area contributed by atoms with Crippen molar-refractivity contribution in [3.8, 4) is 0 Å². The van der Waals surface area contributed by atoms with E-state index in [0.717, 1.165) is 38.1 Å². The average Bonchev–Trinajstić information content (AvgIpc) is 3.17. The summed E-state index contributed by atoms with van der Waals surface area (Å²) in [6, 6.07) is 6.39. The molecule has 0 unspecified atom stereocenters. The lowest BCUT2D eigenvalue weighted by atomic mass is 10.1. The van der Waals surface area contributed by atoms with Crippen molar-refractivity contribution in [2.45, 2.75) is 19.0 Å². The number of halogens is 4. The molecule has 8 heteroatoms. The lowest BCUT2D eigenvalue weighted by Gasteiger charge is -2.22. The van der Waals surface area contributed by atoms with Crippen molar-refractivity contribution in [1.29, 1.82) is 0 Å². The summed E-state index contributed by atoms with van der Waals surface area (Å²) in [5.74, 6) is -0.577. The number of carbonyl (C=O) groups is 1. The fourth-order valence-electron chi connectivity index (χ4n) is 2.67. The van der Waals surface area contributed by atoms with Crippen LogP contribution >= 0.6 is 15.9 Å². The lowest BCUT2D eigenvalue weighted by molar-refractivity contribution is -0.137. The van der Waals surface area contributed by atoms with Gasteiger partial charge in [-0.1, -0.05) is 0 Å². The van der Waals surface area contributed by atoms with Crippen LogP contribution in [0.2, 0.25) is 0 Å². The number of carbonyl (C=O) groups excluding carboxylic acids is 1. The second-order valence-corrected chi connectivity index (χ2v) is 6.26. The quantitative estimate of drug-likeness (QED) is 0.792. The summed E-state index contributed by atoms with van der Waals surface area (Å²) in [7, 11) is 0. The summed E-state index contributed by atoms with van der Waals surface area (Å²) in [5, 5.41) is 2.53. The number of anilines is 2.